The fourth-order valence-corrected chi connectivity index (χ4v) is 5.63. The summed E-state index contributed by atoms with van der Waals surface area (Å²) in [5.41, 5.74) is 4.06. The summed E-state index contributed by atoms with van der Waals surface area (Å²) in [7, 11) is 0. The Labute approximate surface area is 170 Å². The third-order valence-electron chi connectivity index (χ3n) is 6.99. The molecule has 0 aromatic heterocycles. The van der Waals surface area contributed by atoms with Crippen molar-refractivity contribution in [2.45, 2.75) is 43.6 Å². The van der Waals surface area contributed by atoms with Crippen molar-refractivity contribution in [1.82, 2.24) is 5.32 Å². The summed E-state index contributed by atoms with van der Waals surface area (Å²) in [5.74, 6) is -0.0371. The number of hydrogen-bond acceptors (Lipinski definition) is 3. The monoisotopic (exact) mass is 391 g/mol. The van der Waals surface area contributed by atoms with Crippen LogP contribution in [0.3, 0.4) is 0 Å². The summed E-state index contributed by atoms with van der Waals surface area (Å²) in [6, 6.07) is 16.4. The van der Waals surface area contributed by atoms with E-state index >= 15 is 0 Å². The summed E-state index contributed by atoms with van der Waals surface area (Å²) in [6.45, 7) is 0.247. The van der Waals surface area contributed by atoms with Gasteiger partial charge in [0.1, 0.15) is 6.61 Å². The van der Waals surface area contributed by atoms with Gasteiger partial charge in [-0.25, -0.2) is 4.79 Å². The van der Waals surface area contributed by atoms with Gasteiger partial charge in [0.05, 0.1) is 12.0 Å². The van der Waals surface area contributed by atoms with E-state index in [1.54, 1.807) is 0 Å². The Morgan fingerprint density at radius 1 is 1.07 bits per heavy atom. The standard InChI is InChI=1S/C24H25NO4/c26-22(27)13-24(11-5-6-15-12-21(15)24)25-23(28)29-14-20-18-9-3-1-7-16(18)17-8-2-4-10-19(17)20/h1-4,7-10,15,20-21H,5-6,11-14H2,(H,25,28)(H,26,27). The highest BCUT2D eigenvalue weighted by molar-refractivity contribution is 5.79. The molecule has 0 saturated heterocycles. The summed E-state index contributed by atoms with van der Waals surface area (Å²) < 4.78 is 5.67. The highest BCUT2D eigenvalue weighted by atomic mass is 16.5. The first-order chi connectivity index (χ1) is 14.1. The zero-order chi connectivity index (χ0) is 20.0. The second kappa shape index (κ2) is 6.90. The number of benzene rings is 2. The number of rotatable bonds is 5. The van der Waals surface area contributed by atoms with Crippen LogP contribution in [0, 0.1) is 11.8 Å². The average molecular weight is 391 g/mol. The molecular formula is C24H25NO4. The number of fused-ring (bicyclic) bond motifs is 4. The lowest BCUT2D eigenvalue weighted by atomic mass is 9.79. The minimum atomic E-state index is -0.864. The van der Waals surface area contributed by atoms with Gasteiger partial charge in [-0.15, -0.1) is 0 Å². The fourth-order valence-electron chi connectivity index (χ4n) is 5.63. The minimum Gasteiger partial charge on any atom is -0.481 e. The average Bonchev–Trinajstić information content (AvgIpc) is 3.44. The van der Waals surface area contributed by atoms with E-state index in [9.17, 15) is 14.7 Å². The van der Waals surface area contributed by atoms with Crippen molar-refractivity contribution in [2.75, 3.05) is 6.61 Å². The Balaban J connectivity index is 1.31. The van der Waals surface area contributed by atoms with Gasteiger partial charge in [-0.3, -0.25) is 4.79 Å². The quantitative estimate of drug-likeness (QED) is 0.784. The molecule has 3 atom stereocenters. The molecule has 3 aliphatic rings. The summed E-state index contributed by atoms with van der Waals surface area (Å²) in [4.78, 5) is 24.2. The maximum Gasteiger partial charge on any atom is 0.407 e. The Kier molecular flexibility index (Phi) is 4.34. The number of carbonyl (C=O) groups excluding carboxylic acids is 1. The van der Waals surface area contributed by atoms with Gasteiger partial charge in [-0.2, -0.15) is 0 Å². The molecule has 3 aliphatic carbocycles. The molecule has 2 saturated carbocycles. The molecule has 0 heterocycles. The zero-order valence-corrected chi connectivity index (χ0v) is 16.3. The number of amides is 1. The fraction of sp³-hybridized carbons (Fsp3) is 0.417. The molecule has 2 fully saturated rings. The summed E-state index contributed by atoms with van der Waals surface area (Å²) in [5, 5.41) is 12.4. The van der Waals surface area contributed by atoms with Crippen molar-refractivity contribution in [3.05, 3.63) is 59.7 Å². The van der Waals surface area contributed by atoms with Gasteiger partial charge in [0.25, 0.3) is 0 Å². The Morgan fingerprint density at radius 3 is 2.38 bits per heavy atom. The van der Waals surface area contributed by atoms with Crippen LogP contribution in [0.15, 0.2) is 48.5 Å². The third-order valence-corrected chi connectivity index (χ3v) is 6.99. The third kappa shape index (κ3) is 3.18. The zero-order valence-electron chi connectivity index (χ0n) is 16.3. The van der Waals surface area contributed by atoms with E-state index in [-0.39, 0.29) is 24.9 Å². The van der Waals surface area contributed by atoms with E-state index in [4.69, 9.17) is 4.74 Å². The van der Waals surface area contributed by atoms with Gasteiger partial charge in [-0.05, 0) is 53.4 Å². The molecule has 2 aromatic carbocycles. The second-order valence-corrected chi connectivity index (χ2v) is 8.67. The van der Waals surface area contributed by atoms with Crippen LogP contribution >= 0.6 is 0 Å². The van der Waals surface area contributed by atoms with Crippen LogP contribution in [0.1, 0.15) is 49.1 Å². The number of ether oxygens (including phenoxy) is 1. The Hall–Kier alpha value is -2.82. The summed E-state index contributed by atoms with van der Waals surface area (Å²) >= 11 is 0. The number of hydrogen-bond donors (Lipinski definition) is 2. The molecule has 5 heteroatoms. The van der Waals surface area contributed by atoms with E-state index < -0.39 is 17.6 Å². The molecule has 0 bridgehead atoms. The second-order valence-electron chi connectivity index (χ2n) is 8.67. The maximum absolute atomic E-state index is 12.7. The predicted molar refractivity (Wildman–Crippen MR) is 109 cm³/mol. The molecule has 1 amide bonds. The highest BCUT2D eigenvalue weighted by Gasteiger charge is 2.56. The van der Waals surface area contributed by atoms with Crippen LogP contribution in [-0.2, 0) is 9.53 Å². The van der Waals surface area contributed by atoms with Crippen molar-refractivity contribution < 1.29 is 19.4 Å². The van der Waals surface area contributed by atoms with Crippen LogP contribution in [0.2, 0.25) is 0 Å². The number of aliphatic carboxylic acids is 1. The van der Waals surface area contributed by atoms with E-state index in [1.165, 1.54) is 22.3 Å². The molecule has 0 aliphatic heterocycles. The van der Waals surface area contributed by atoms with Gasteiger partial charge in [0.15, 0.2) is 0 Å². The topological polar surface area (TPSA) is 75.6 Å². The molecule has 29 heavy (non-hydrogen) atoms. The molecule has 3 unspecified atom stereocenters. The number of carbonyl (C=O) groups is 2. The maximum atomic E-state index is 12.7. The molecule has 2 aromatic rings. The Bertz CT molecular complexity index is 925. The van der Waals surface area contributed by atoms with Crippen molar-refractivity contribution in [1.29, 1.82) is 0 Å². The molecule has 0 spiro atoms. The molecule has 0 radical (unpaired) electrons. The molecule has 5 rings (SSSR count). The van der Waals surface area contributed by atoms with Crippen molar-refractivity contribution in [2.24, 2.45) is 11.8 Å². The largest absolute Gasteiger partial charge is 0.481 e. The SMILES string of the molecule is O=C(O)CC1(NC(=O)OCC2c3ccccc3-c3ccccc32)CCCC2CC21. The van der Waals surface area contributed by atoms with Gasteiger partial charge < -0.3 is 15.2 Å². The van der Waals surface area contributed by atoms with E-state index in [0.717, 1.165) is 19.3 Å². The summed E-state index contributed by atoms with van der Waals surface area (Å²) in [6.07, 6.45) is 3.29. The van der Waals surface area contributed by atoms with Crippen molar-refractivity contribution in [3.8, 4) is 11.1 Å². The van der Waals surface area contributed by atoms with Gasteiger partial charge in [-0.1, -0.05) is 55.0 Å². The van der Waals surface area contributed by atoms with Gasteiger partial charge in [0.2, 0.25) is 0 Å². The lowest BCUT2D eigenvalue weighted by molar-refractivity contribution is -0.139. The van der Waals surface area contributed by atoms with E-state index in [0.29, 0.717) is 12.3 Å². The van der Waals surface area contributed by atoms with Crippen molar-refractivity contribution >= 4 is 12.1 Å². The van der Waals surface area contributed by atoms with Crippen LogP contribution < -0.4 is 5.32 Å². The molecule has 2 N–H and O–H groups in total. The van der Waals surface area contributed by atoms with Crippen LogP contribution in [0.5, 0.6) is 0 Å². The molecule has 5 nitrogen and oxygen atoms in total. The van der Waals surface area contributed by atoms with Gasteiger partial charge in [0, 0.05) is 5.92 Å². The van der Waals surface area contributed by atoms with Gasteiger partial charge >= 0.3 is 12.1 Å². The predicted octanol–water partition coefficient (Wildman–Crippen LogP) is 4.56. The smallest absolute Gasteiger partial charge is 0.407 e. The lowest BCUT2D eigenvalue weighted by Crippen LogP contribution is -2.53. The van der Waals surface area contributed by atoms with Crippen LogP contribution in [-0.4, -0.2) is 29.3 Å². The Morgan fingerprint density at radius 2 is 1.72 bits per heavy atom. The molecular weight excluding hydrogens is 366 g/mol. The first kappa shape index (κ1) is 18.2. The lowest BCUT2D eigenvalue weighted by Gasteiger charge is -2.36. The number of alkyl carbamates (subject to hydrolysis) is 1. The highest BCUT2D eigenvalue weighted by Crippen LogP contribution is 2.56. The number of carboxylic acid groups (broad SMARTS) is 1. The number of nitrogens with one attached hydrogen (secondary N) is 1. The van der Waals surface area contributed by atoms with Crippen LogP contribution in [0.4, 0.5) is 4.79 Å². The normalized spacial score (nSPS) is 26.8. The van der Waals surface area contributed by atoms with Crippen LogP contribution in [0.25, 0.3) is 11.1 Å². The molecule has 150 valence electrons. The van der Waals surface area contributed by atoms with Crippen molar-refractivity contribution in [3.63, 3.8) is 0 Å². The first-order valence-electron chi connectivity index (χ1n) is 10.4. The minimum absolute atomic E-state index is 0.00334. The number of carboxylic acids is 1. The van der Waals surface area contributed by atoms with E-state index in [1.807, 2.05) is 24.3 Å². The first-order valence-corrected chi connectivity index (χ1v) is 10.4. The van der Waals surface area contributed by atoms with E-state index in [2.05, 4.69) is 29.6 Å².